The molecule has 0 fully saturated rings. The van der Waals surface area contributed by atoms with Crippen molar-refractivity contribution in [2.45, 2.75) is 30.3 Å². The van der Waals surface area contributed by atoms with Crippen molar-refractivity contribution in [1.29, 1.82) is 0 Å². The third kappa shape index (κ3) is 2.50. The molecule has 11 heteroatoms. The molecule has 1 unspecified atom stereocenters. The molecule has 2 aliphatic heterocycles. The van der Waals surface area contributed by atoms with E-state index >= 15 is 0 Å². The summed E-state index contributed by atoms with van der Waals surface area (Å²) in [6.45, 7) is 2.07. The van der Waals surface area contributed by atoms with Crippen LogP contribution in [-0.4, -0.2) is 32.0 Å². The minimum atomic E-state index is -0.610. The number of methoxy groups -OCH3 is 1. The number of thioether (sulfide) groups is 2. The van der Waals surface area contributed by atoms with Crippen molar-refractivity contribution in [2.75, 3.05) is 12.1 Å². The number of fused-ring (bicyclic) bond motifs is 3. The summed E-state index contributed by atoms with van der Waals surface area (Å²) in [4.78, 5) is 10.7. The molecule has 1 N–H and O–H groups in total. The number of phenols is 1. The van der Waals surface area contributed by atoms with Gasteiger partial charge in [0, 0.05) is 17.9 Å². The van der Waals surface area contributed by atoms with E-state index in [0.29, 0.717) is 5.56 Å². The fourth-order valence-electron chi connectivity index (χ4n) is 2.94. The maximum absolute atomic E-state index is 11.3. The Bertz CT molecular complexity index is 929. The third-order valence-corrected chi connectivity index (χ3v) is 6.28. The number of phenolic OH excluding ortho intramolecular Hbond substituents is 1. The Morgan fingerprint density at radius 3 is 2.92 bits per heavy atom. The summed E-state index contributed by atoms with van der Waals surface area (Å²) < 4.78 is 7.10. The third-order valence-electron chi connectivity index (χ3n) is 4.09. The molecule has 1 aromatic carbocycles. The van der Waals surface area contributed by atoms with E-state index in [4.69, 9.17) is 4.74 Å². The highest BCUT2D eigenvalue weighted by Crippen LogP contribution is 2.52. The minimum absolute atomic E-state index is 0.0767. The van der Waals surface area contributed by atoms with Gasteiger partial charge in [-0.3, -0.25) is 15.1 Å². The van der Waals surface area contributed by atoms with Gasteiger partial charge in [0.05, 0.1) is 12.0 Å². The van der Waals surface area contributed by atoms with Gasteiger partial charge in [0.15, 0.2) is 11.6 Å². The van der Waals surface area contributed by atoms with Gasteiger partial charge in [-0.05, 0) is 29.8 Å². The van der Waals surface area contributed by atoms with Crippen molar-refractivity contribution in [3.05, 3.63) is 44.1 Å². The number of nitrogens with zero attached hydrogens (tertiary/aromatic N) is 5. The lowest BCUT2D eigenvalue weighted by Crippen LogP contribution is -2.30. The first kappa shape index (κ1) is 17.0. The molecule has 0 aliphatic carbocycles. The SMILES string of the molecule is CCCc1nnc2n1N1C(=CSC1c1cc(OC)c(O)c([N+](=O)[O-])c1)S2. The number of nitro benzene ring substituents is 1. The van der Waals surface area contributed by atoms with Gasteiger partial charge in [-0.15, -0.1) is 10.2 Å². The van der Waals surface area contributed by atoms with Crippen LogP contribution in [-0.2, 0) is 6.42 Å². The van der Waals surface area contributed by atoms with Gasteiger partial charge in [0.2, 0.25) is 10.9 Å². The monoisotopic (exact) mass is 393 g/mol. The van der Waals surface area contributed by atoms with Crippen LogP contribution in [0.15, 0.2) is 27.7 Å². The molecule has 4 rings (SSSR count). The number of aryl methyl sites for hydroxylation is 1. The molecular weight excluding hydrogens is 378 g/mol. The molecule has 0 radical (unpaired) electrons. The van der Waals surface area contributed by atoms with E-state index in [0.717, 1.165) is 28.9 Å². The van der Waals surface area contributed by atoms with E-state index in [2.05, 4.69) is 17.1 Å². The van der Waals surface area contributed by atoms with E-state index in [1.807, 2.05) is 15.1 Å². The highest BCUT2D eigenvalue weighted by Gasteiger charge is 2.40. The van der Waals surface area contributed by atoms with Gasteiger partial charge >= 0.3 is 5.69 Å². The second-order valence-corrected chi connectivity index (χ2v) is 7.64. The Hall–Kier alpha value is -2.40. The standard InChI is InChI=1S/C15H15N5O4S2/c1-3-4-11-16-17-15-18(11)19-12(26-15)7-25-14(19)8-5-9(20(22)23)13(21)10(6-8)24-2/h5-7,14,21H,3-4H2,1-2H3. The lowest BCUT2D eigenvalue weighted by Gasteiger charge is -2.26. The number of aromatic hydroxyl groups is 1. The van der Waals surface area contributed by atoms with Crippen LogP contribution in [0.1, 0.15) is 30.1 Å². The molecule has 0 bridgehead atoms. The summed E-state index contributed by atoms with van der Waals surface area (Å²) in [5.74, 6) is 0.462. The zero-order valence-electron chi connectivity index (χ0n) is 13.9. The summed E-state index contributed by atoms with van der Waals surface area (Å²) in [5, 5.41) is 35.4. The fraction of sp³-hybridized carbons (Fsp3) is 0.333. The lowest BCUT2D eigenvalue weighted by atomic mass is 10.1. The summed E-state index contributed by atoms with van der Waals surface area (Å²) in [7, 11) is 1.37. The van der Waals surface area contributed by atoms with Crippen LogP contribution < -0.4 is 9.75 Å². The second kappa shape index (κ2) is 6.40. The molecule has 0 saturated carbocycles. The van der Waals surface area contributed by atoms with Crippen LogP contribution in [0.3, 0.4) is 0 Å². The smallest absolute Gasteiger partial charge is 0.315 e. The molecular formula is C15H15N5O4S2. The Morgan fingerprint density at radius 1 is 1.42 bits per heavy atom. The average molecular weight is 393 g/mol. The van der Waals surface area contributed by atoms with E-state index in [9.17, 15) is 15.2 Å². The predicted molar refractivity (Wildman–Crippen MR) is 97.8 cm³/mol. The molecule has 136 valence electrons. The number of hydrogen-bond donors (Lipinski definition) is 1. The van der Waals surface area contributed by atoms with Gasteiger partial charge in [-0.25, -0.2) is 4.68 Å². The van der Waals surface area contributed by atoms with E-state index < -0.39 is 10.7 Å². The number of aromatic nitrogens is 3. The number of nitro groups is 1. The van der Waals surface area contributed by atoms with Crippen molar-refractivity contribution in [3.63, 3.8) is 0 Å². The lowest BCUT2D eigenvalue weighted by molar-refractivity contribution is -0.386. The van der Waals surface area contributed by atoms with Crippen molar-refractivity contribution in [3.8, 4) is 11.5 Å². The molecule has 0 spiro atoms. The van der Waals surface area contributed by atoms with Crippen LogP contribution in [0.25, 0.3) is 0 Å². The average Bonchev–Trinajstić information content (AvgIpc) is 3.27. The Labute approximate surface area is 157 Å². The van der Waals surface area contributed by atoms with E-state index in [1.54, 1.807) is 6.07 Å². The maximum atomic E-state index is 11.3. The van der Waals surface area contributed by atoms with Gasteiger partial charge in [-0.1, -0.05) is 18.7 Å². The van der Waals surface area contributed by atoms with Crippen LogP contribution in [0.4, 0.5) is 5.69 Å². The summed E-state index contributed by atoms with van der Waals surface area (Å²) in [6, 6.07) is 3.02. The molecule has 2 aromatic rings. The van der Waals surface area contributed by atoms with Crippen LogP contribution >= 0.6 is 23.5 Å². The maximum Gasteiger partial charge on any atom is 0.315 e. The summed E-state index contributed by atoms with van der Waals surface area (Å²) in [5.41, 5.74) is 0.283. The second-order valence-electron chi connectivity index (χ2n) is 5.70. The minimum Gasteiger partial charge on any atom is -0.500 e. The van der Waals surface area contributed by atoms with Crippen LogP contribution in [0, 0.1) is 10.1 Å². The largest absolute Gasteiger partial charge is 0.500 e. The number of benzene rings is 1. The van der Waals surface area contributed by atoms with Gasteiger partial charge in [-0.2, -0.15) is 0 Å². The van der Waals surface area contributed by atoms with Gasteiger partial charge < -0.3 is 9.84 Å². The highest BCUT2D eigenvalue weighted by molar-refractivity contribution is 8.07. The van der Waals surface area contributed by atoms with Gasteiger partial charge in [0.25, 0.3) is 0 Å². The predicted octanol–water partition coefficient (Wildman–Crippen LogP) is 3.14. The molecule has 3 heterocycles. The number of hydrogen-bond acceptors (Lipinski definition) is 9. The number of ether oxygens (including phenoxy) is 1. The van der Waals surface area contributed by atoms with Crippen LogP contribution in [0.5, 0.6) is 11.5 Å². The van der Waals surface area contributed by atoms with Crippen LogP contribution in [0.2, 0.25) is 0 Å². The topological polar surface area (TPSA) is 107 Å². The number of rotatable bonds is 5. The summed E-state index contributed by atoms with van der Waals surface area (Å²) >= 11 is 3.05. The van der Waals surface area contributed by atoms with Crippen molar-refractivity contribution < 1.29 is 14.8 Å². The Balaban J connectivity index is 1.79. The fourth-order valence-corrected chi connectivity index (χ4v) is 5.17. The molecule has 26 heavy (non-hydrogen) atoms. The normalized spacial score (nSPS) is 17.8. The van der Waals surface area contributed by atoms with Crippen molar-refractivity contribution >= 4 is 29.2 Å². The molecule has 2 aliphatic rings. The molecule has 1 aromatic heterocycles. The first-order valence-electron chi connectivity index (χ1n) is 7.87. The van der Waals surface area contributed by atoms with Crippen molar-refractivity contribution in [1.82, 2.24) is 14.9 Å². The first-order chi connectivity index (χ1) is 12.5. The summed E-state index contributed by atoms with van der Waals surface area (Å²) in [6.07, 6.45) is 1.72. The molecule has 0 amide bonds. The van der Waals surface area contributed by atoms with E-state index in [-0.39, 0.29) is 16.8 Å². The quantitative estimate of drug-likeness (QED) is 0.605. The Kier molecular flexibility index (Phi) is 4.19. The van der Waals surface area contributed by atoms with Gasteiger partial charge in [0.1, 0.15) is 10.4 Å². The molecule has 9 nitrogen and oxygen atoms in total. The molecule has 1 atom stereocenters. The highest BCUT2D eigenvalue weighted by atomic mass is 32.2. The van der Waals surface area contributed by atoms with E-state index in [1.165, 1.54) is 36.7 Å². The zero-order valence-corrected chi connectivity index (χ0v) is 15.6. The van der Waals surface area contributed by atoms with Crippen molar-refractivity contribution in [2.24, 2.45) is 0 Å². The zero-order chi connectivity index (χ0) is 18.4. The first-order valence-corrected chi connectivity index (χ1v) is 9.63. The molecule has 0 saturated heterocycles. The Morgan fingerprint density at radius 2 is 2.23 bits per heavy atom.